The highest BCUT2D eigenvalue weighted by molar-refractivity contribution is 6.39. The number of pyridine rings is 1. The molecule has 1 fully saturated rings. The number of fused-ring (bicyclic) bond motifs is 1. The van der Waals surface area contributed by atoms with Crippen LogP contribution < -0.4 is 5.32 Å². The van der Waals surface area contributed by atoms with Crippen LogP contribution in [-0.2, 0) is 11.3 Å². The highest BCUT2D eigenvalue weighted by Crippen LogP contribution is 2.34. The molecule has 0 unspecified atom stereocenters. The Balaban J connectivity index is 1.70. The van der Waals surface area contributed by atoms with Crippen LogP contribution in [0.15, 0.2) is 42.7 Å². The van der Waals surface area contributed by atoms with Crippen LogP contribution in [-0.4, -0.2) is 22.8 Å². The van der Waals surface area contributed by atoms with Crippen LogP contribution >= 0.6 is 23.2 Å². The maximum absolute atomic E-state index is 6.24. The summed E-state index contributed by atoms with van der Waals surface area (Å²) in [6.45, 7) is 2.63. The van der Waals surface area contributed by atoms with Gasteiger partial charge in [0.15, 0.2) is 0 Å². The third-order valence-electron chi connectivity index (χ3n) is 4.07. The van der Waals surface area contributed by atoms with Gasteiger partial charge < -0.3 is 14.6 Å². The Morgan fingerprint density at radius 1 is 1.17 bits per heavy atom. The van der Waals surface area contributed by atoms with Gasteiger partial charge >= 0.3 is 0 Å². The molecule has 0 radical (unpaired) electrons. The molecule has 1 aliphatic heterocycles. The Bertz CT molecular complexity index is 838. The van der Waals surface area contributed by atoms with Crippen molar-refractivity contribution in [1.29, 1.82) is 0 Å². The number of benzene rings is 1. The fourth-order valence-electron chi connectivity index (χ4n) is 2.79. The number of anilines is 2. The molecule has 0 saturated carbocycles. The van der Waals surface area contributed by atoms with Gasteiger partial charge in [-0.1, -0.05) is 29.3 Å². The normalized spacial score (nSPS) is 14.9. The Hall–Kier alpha value is -1.75. The predicted octanol–water partition coefficient (Wildman–Crippen LogP) is 4.73. The molecule has 0 aliphatic carbocycles. The molecule has 4 rings (SSSR count). The summed E-state index contributed by atoms with van der Waals surface area (Å²) in [4.78, 5) is 4.44. The van der Waals surface area contributed by atoms with Crippen molar-refractivity contribution >= 4 is 45.6 Å². The van der Waals surface area contributed by atoms with Gasteiger partial charge in [-0.3, -0.25) is 0 Å². The fourth-order valence-corrected chi connectivity index (χ4v) is 3.28. The first kappa shape index (κ1) is 14.8. The van der Waals surface area contributed by atoms with E-state index in [1.807, 2.05) is 12.1 Å². The number of ether oxygens (including phenoxy) is 1. The second-order valence-corrected chi connectivity index (χ2v) is 6.50. The van der Waals surface area contributed by atoms with Crippen molar-refractivity contribution < 1.29 is 4.74 Å². The quantitative estimate of drug-likeness (QED) is 0.741. The number of aromatic nitrogens is 2. The van der Waals surface area contributed by atoms with E-state index in [9.17, 15) is 0 Å². The van der Waals surface area contributed by atoms with Gasteiger partial charge in [0.25, 0.3) is 0 Å². The van der Waals surface area contributed by atoms with Gasteiger partial charge in [-0.15, -0.1) is 0 Å². The molecule has 3 aromatic rings. The van der Waals surface area contributed by atoms with Gasteiger partial charge in [0.05, 0.1) is 34.5 Å². The molecule has 0 amide bonds. The van der Waals surface area contributed by atoms with Crippen LogP contribution in [0.1, 0.15) is 0 Å². The predicted molar refractivity (Wildman–Crippen MR) is 93.8 cm³/mol. The van der Waals surface area contributed by atoms with Crippen molar-refractivity contribution in [2.45, 2.75) is 6.54 Å². The minimum absolute atomic E-state index is 0.572. The van der Waals surface area contributed by atoms with Crippen molar-refractivity contribution in [1.82, 2.24) is 9.55 Å². The topological polar surface area (TPSA) is 39.1 Å². The monoisotopic (exact) mass is 347 g/mol. The van der Waals surface area contributed by atoms with Crippen LogP contribution in [0.3, 0.4) is 0 Å². The summed E-state index contributed by atoms with van der Waals surface area (Å²) < 4.78 is 7.50. The Labute approximate surface area is 144 Å². The largest absolute Gasteiger partial charge is 0.381 e. The second-order valence-electron chi connectivity index (χ2n) is 5.69. The lowest BCUT2D eigenvalue weighted by molar-refractivity contribution is -0.0388. The maximum atomic E-state index is 6.24. The van der Waals surface area contributed by atoms with Crippen molar-refractivity contribution in [3.63, 3.8) is 0 Å². The van der Waals surface area contributed by atoms with Gasteiger partial charge in [0.1, 0.15) is 5.82 Å². The third-order valence-corrected chi connectivity index (χ3v) is 4.70. The first-order valence-corrected chi connectivity index (χ1v) is 8.20. The average Bonchev–Trinajstić information content (AvgIpc) is 2.91. The van der Waals surface area contributed by atoms with Crippen LogP contribution in [0.25, 0.3) is 10.9 Å². The van der Waals surface area contributed by atoms with Crippen LogP contribution in [0.4, 0.5) is 11.5 Å². The van der Waals surface area contributed by atoms with Crippen LogP contribution in [0, 0.1) is 5.92 Å². The van der Waals surface area contributed by atoms with Gasteiger partial charge in [-0.25, -0.2) is 4.98 Å². The molecule has 3 heterocycles. The molecule has 2 aromatic heterocycles. The molecule has 1 N–H and O–H groups in total. The van der Waals surface area contributed by atoms with Gasteiger partial charge in [0.2, 0.25) is 0 Å². The smallest absolute Gasteiger partial charge is 0.139 e. The Kier molecular flexibility index (Phi) is 3.89. The van der Waals surface area contributed by atoms with E-state index in [1.165, 1.54) is 0 Å². The van der Waals surface area contributed by atoms with Crippen LogP contribution in [0.2, 0.25) is 10.0 Å². The molecule has 0 spiro atoms. The molecule has 1 aliphatic rings. The number of nitrogens with one attached hydrogen (secondary N) is 1. The van der Waals surface area contributed by atoms with E-state index in [4.69, 9.17) is 27.9 Å². The lowest BCUT2D eigenvalue weighted by Crippen LogP contribution is -2.31. The van der Waals surface area contributed by atoms with E-state index < -0.39 is 0 Å². The van der Waals surface area contributed by atoms with E-state index in [0.29, 0.717) is 21.7 Å². The zero-order chi connectivity index (χ0) is 15.8. The van der Waals surface area contributed by atoms with E-state index in [-0.39, 0.29) is 0 Å². The summed E-state index contributed by atoms with van der Waals surface area (Å²) >= 11 is 12.5. The number of hydrogen-bond donors (Lipinski definition) is 1. The summed E-state index contributed by atoms with van der Waals surface area (Å²) in [5.74, 6) is 1.34. The van der Waals surface area contributed by atoms with Crippen molar-refractivity contribution in [3.8, 4) is 0 Å². The molecule has 6 heteroatoms. The average molecular weight is 348 g/mol. The molecule has 1 aromatic carbocycles. The first-order chi connectivity index (χ1) is 11.2. The number of nitrogens with zero attached hydrogens (tertiary/aromatic N) is 2. The van der Waals surface area contributed by atoms with Gasteiger partial charge in [0, 0.05) is 30.2 Å². The van der Waals surface area contributed by atoms with Gasteiger partial charge in [-0.2, -0.15) is 0 Å². The zero-order valence-electron chi connectivity index (χ0n) is 12.3. The standard InChI is InChI=1S/C17H15Cl2N3O/c18-13-2-1-3-14(19)16(13)21-17-12-5-7-22(8-11-9-23-10-11)15(12)4-6-20-17/h1-7,11H,8-10H2,(H,20,21). The molecule has 0 atom stereocenters. The van der Waals surface area contributed by atoms with Crippen LogP contribution in [0.5, 0.6) is 0 Å². The lowest BCUT2D eigenvalue weighted by atomic mass is 10.1. The first-order valence-electron chi connectivity index (χ1n) is 7.45. The van der Waals surface area contributed by atoms with Crippen molar-refractivity contribution in [2.75, 3.05) is 18.5 Å². The number of halogens is 2. The summed E-state index contributed by atoms with van der Waals surface area (Å²) in [5, 5.41) is 5.45. The third kappa shape index (κ3) is 2.78. The van der Waals surface area contributed by atoms with E-state index in [0.717, 1.165) is 36.5 Å². The zero-order valence-corrected chi connectivity index (χ0v) is 13.8. The Morgan fingerprint density at radius 3 is 2.65 bits per heavy atom. The minimum Gasteiger partial charge on any atom is -0.381 e. The summed E-state index contributed by atoms with van der Waals surface area (Å²) in [6, 6.07) is 9.51. The highest BCUT2D eigenvalue weighted by atomic mass is 35.5. The molecule has 23 heavy (non-hydrogen) atoms. The van der Waals surface area contributed by atoms with E-state index in [1.54, 1.807) is 18.3 Å². The molecular weight excluding hydrogens is 333 g/mol. The molecule has 118 valence electrons. The summed E-state index contributed by atoms with van der Waals surface area (Å²) in [7, 11) is 0. The SMILES string of the molecule is Clc1cccc(Cl)c1Nc1nccc2c1ccn2CC1COC1. The Morgan fingerprint density at radius 2 is 1.96 bits per heavy atom. The molecule has 0 bridgehead atoms. The lowest BCUT2D eigenvalue weighted by Gasteiger charge is -2.26. The van der Waals surface area contributed by atoms with E-state index >= 15 is 0 Å². The second kappa shape index (κ2) is 6.04. The fraction of sp³-hybridized carbons (Fsp3) is 0.235. The van der Waals surface area contributed by atoms with Crippen molar-refractivity contribution in [2.24, 2.45) is 5.92 Å². The van der Waals surface area contributed by atoms with Crippen molar-refractivity contribution in [3.05, 3.63) is 52.8 Å². The highest BCUT2D eigenvalue weighted by Gasteiger charge is 2.20. The number of rotatable bonds is 4. The summed E-state index contributed by atoms with van der Waals surface area (Å²) in [6.07, 6.45) is 3.88. The minimum atomic E-state index is 0.572. The molecular formula is C17H15Cl2N3O. The van der Waals surface area contributed by atoms with Gasteiger partial charge in [-0.05, 0) is 24.3 Å². The molecule has 1 saturated heterocycles. The molecule has 4 nitrogen and oxygen atoms in total. The number of para-hydroxylation sites is 1. The summed E-state index contributed by atoms with van der Waals surface area (Å²) in [5.41, 5.74) is 1.81. The number of hydrogen-bond acceptors (Lipinski definition) is 3. The van der Waals surface area contributed by atoms with E-state index in [2.05, 4.69) is 27.1 Å². The maximum Gasteiger partial charge on any atom is 0.139 e.